The van der Waals surface area contributed by atoms with Gasteiger partial charge in [-0.05, 0) is 50.1 Å². The fourth-order valence-corrected chi connectivity index (χ4v) is 3.06. The largest absolute Gasteiger partial charge is 0.388 e. The molecule has 0 saturated carbocycles. The zero-order chi connectivity index (χ0) is 19.3. The molecule has 0 radical (unpaired) electrons. The van der Waals surface area contributed by atoms with Crippen LogP contribution in [0.5, 0.6) is 0 Å². The Hall–Kier alpha value is -1.63. The predicted octanol–water partition coefficient (Wildman–Crippen LogP) is 1.67. The van der Waals surface area contributed by atoms with Gasteiger partial charge >= 0.3 is 0 Å². The second kappa shape index (κ2) is 8.84. The molecule has 1 aliphatic heterocycles. The van der Waals surface area contributed by atoms with Gasteiger partial charge in [0.25, 0.3) is 5.91 Å². The summed E-state index contributed by atoms with van der Waals surface area (Å²) in [7, 11) is 2.01. The molecular formula is C19H28ClN3O3. The van der Waals surface area contributed by atoms with Crippen LogP contribution in [0.3, 0.4) is 0 Å². The Bertz CT molecular complexity index is 625. The van der Waals surface area contributed by atoms with E-state index in [2.05, 4.69) is 15.5 Å². The van der Waals surface area contributed by atoms with Crippen LogP contribution < -0.4 is 10.6 Å². The van der Waals surface area contributed by atoms with Gasteiger partial charge in [-0.15, -0.1) is 0 Å². The van der Waals surface area contributed by atoms with E-state index in [4.69, 9.17) is 11.6 Å². The number of nitrogens with zero attached hydrogens (tertiary/aromatic N) is 1. The van der Waals surface area contributed by atoms with Crippen molar-refractivity contribution in [3.8, 4) is 0 Å². The van der Waals surface area contributed by atoms with Crippen molar-refractivity contribution in [3.05, 3.63) is 34.9 Å². The van der Waals surface area contributed by atoms with Crippen LogP contribution in [0.4, 0.5) is 0 Å². The van der Waals surface area contributed by atoms with Crippen molar-refractivity contribution in [2.24, 2.45) is 5.92 Å². The number of hydrogen-bond acceptors (Lipinski definition) is 4. The number of benzene rings is 1. The quantitative estimate of drug-likeness (QED) is 0.700. The Morgan fingerprint density at radius 1 is 1.23 bits per heavy atom. The number of piperidine rings is 1. The number of amides is 2. The summed E-state index contributed by atoms with van der Waals surface area (Å²) >= 11 is 5.84. The summed E-state index contributed by atoms with van der Waals surface area (Å²) in [4.78, 5) is 27.1. The van der Waals surface area contributed by atoms with Crippen molar-refractivity contribution in [2.45, 2.75) is 38.3 Å². The normalized spacial score (nSPS) is 18.4. The smallest absolute Gasteiger partial charge is 0.251 e. The summed E-state index contributed by atoms with van der Waals surface area (Å²) in [6.45, 7) is 5.54. The minimum atomic E-state index is -0.885. The van der Waals surface area contributed by atoms with E-state index in [0.29, 0.717) is 23.4 Å². The van der Waals surface area contributed by atoms with Gasteiger partial charge in [-0.3, -0.25) is 9.59 Å². The number of hydrogen-bond donors (Lipinski definition) is 3. The lowest BCUT2D eigenvalue weighted by atomic mass is 9.91. The molecule has 7 heteroatoms. The predicted molar refractivity (Wildman–Crippen MR) is 102 cm³/mol. The summed E-state index contributed by atoms with van der Waals surface area (Å²) < 4.78 is 0. The number of carbonyl (C=O) groups is 2. The van der Waals surface area contributed by atoms with Gasteiger partial charge in [-0.2, -0.15) is 0 Å². The van der Waals surface area contributed by atoms with E-state index in [1.807, 2.05) is 20.9 Å². The third-order valence-electron chi connectivity index (χ3n) is 4.85. The van der Waals surface area contributed by atoms with E-state index >= 15 is 0 Å². The Labute approximate surface area is 159 Å². The van der Waals surface area contributed by atoms with E-state index in [1.165, 1.54) is 0 Å². The van der Waals surface area contributed by atoms with Crippen molar-refractivity contribution in [1.82, 2.24) is 15.5 Å². The van der Waals surface area contributed by atoms with Gasteiger partial charge in [0.1, 0.15) is 6.04 Å². The minimum absolute atomic E-state index is 0.0848. The fraction of sp³-hybridized carbons (Fsp3) is 0.579. The number of carbonyl (C=O) groups excluding carboxylic acids is 2. The maximum absolute atomic E-state index is 12.6. The molecule has 144 valence electrons. The van der Waals surface area contributed by atoms with Crippen LogP contribution in [0.25, 0.3) is 0 Å². The first-order chi connectivity index (χ1) is 12.2. The zero-order valence-electron chi connectivity index (χ0n) is 15.6. The average Bonchev–Trinajstić information content (AvgIpc) is 2.60. The standard InChI is InChI=1S/C19H28ClN3O3/c1-13(2)16(22-17(24)14-4-6-15(20)7-5-14)18(25)21-12-19(26)8-10-23(3)11-9-19/h4-7,13,16,26H,8-12H2,1-3H3,(H,21,25)(H,22,24). The number of halogens is 1. The van der Waals surface area contributed by atoms with Gasteiger partial charge in [0.05, 0.1) is 5.60 Å². The molecule has 1 aliphatic rings. The lowest BCUT2D eigenvalue weighted by molar-refractivity contribution is -0.125. The van der Waals surface area contributed by atoms with Gasteiger partial charge < -0.3 is 20.6 Å². The molecule has 1 aromatic rings. The highest BCUT2D eigenvalue weighted by atomic mass is 35.5. The fourth-order valence-electron chi connectivity index (χ4n) is 2.93. The number of nitrogens with one attached hydrogen (secondary N) is 2. The van der Waals surface area contributed by atoms with Crippen molar-refractivity contribution in [3.63, 3.8) is 0 Å². The third kappa shape index (κ3) is 5.69. The van der Waals surface area contributed by atoms with E-state index in [9.17, 15) is 14.7 Å². The van der Waals surface area contributed by atoms with Crippen molar-refractivity contribution in [1.29, 1.82) is 0 Å². The van der Waals surface area contributed by atoms with Gasteiger partial charge in [0, 0.05) is 30.2 Å². The summed E-state index contributed by atoms with van der Waals surface area (Å²) in [6.07, 6.45) is 1.24. The molecular weight excluding hydrogens is 354 g/mol. The third-order valence-corrected chi connectivity index (χ3v) is 5.10. The van der Waals surface area contributed by atoms with Gasteiger partial charge in [-0.1, -0.05) is 25.4 Å². The van der Waals surface area contributed by atoms with Crippen LogP contribution in [-0.4, -0.2) is 60.1 Å². The Morgan fingerprint density at radius 3 is 2.35 bits per heavy atom. The van der Waals surface area contributed by atoms with Crippen LogP contribution in [0.15, 0.2) is 24.3 Å². The van der Waals surface area contributed by atoms with Gasteiger partial charge in [-0.25, -0.2) is 0 Å². The Balaban J connectivity index is 1.94. The van der Waals surface area contributed by atoms with Crippen LogP contribution in [-0.2, 0) is 4.79 Å². The molecule has 1 saturated heterocycles. The first-order valence-electron chi connectivity index (χ1n) is 8.95. The molecule has 2 amide bonds. The van der Waals surface area contributed by atoms with Crippen molar-refractivity contribution >= 4 is 23.4 Å². The zero-order valence-corrected chi connectivity index (χ0v) is 16.3. The number of aliphatic hydroxyl groups is 1. The molecule has 3 N–H and O–H groups in total. The molecule has 2 rings (SSSR count). The monoisotopic (exact) mass is 381 g/mol. The Morgan fingerprint density at radius 2 is 1.81 bits per heavy atom. The van der Waals surface area contributed by atoms with Gasteiger partial charge in [0.2, 0.25) is 5.91 Å². The molecule has 6 nitrogen and oxygen atoms in total. The average molecular weight is 382 g/mol. The van der Waals surface area contributed by atoms with Crippen LogP contribution in [0.2, 0.25) is 5.02 Å². The van der Waals surface area contributed by atoms with E-state index in [0.717, 1.165) is 13.1 Å². The highest BCUT2D eigenvalue weighted by Crippen LogP contribution is 2.20. The lowest BCUT2D eigenvalue weighted by Crippen LogP contribution is -2.55. The molecule has 0 bridgehead atoms. The lowest BCUT2D eigenvalue weighted by Gasteiger charge is -2.37. The van der Waals surface area contributed by atoms with E-state index in [1.54, 1.807) is 24.3 Å². The summed E-state index contributed by atoms with van der Waals surface area (Å²) in [5, 5.41) is 16.7. The first kappa shape index (κ1) is 20.7. The highest BCUT2D eigenvalue weighted by Gasteiger charge is 2.33. The molecule has 26 heavy (non-hydrogen) atoms. The second-order valence-corrected chi connectivity index (χ2v) is 7.88. The van der Waals surface area contributed by atoms with Crippen molar-refractivity contribution < 1.29 is 14.7 Å². The molecule has 1 fully saturated rings. The molecule has 1 atom stereocenters. The number of rotatable bonds is 6. The molecule has 1 unspecified atom stereocenters. The minimum Gasteiger partial charge on any atom is -0.388 e. The molecule has 1 heterocycles. The van der Waals surface area contributed by atoms with E-state index in [-0.39, 0.29) is 24.3 Å². The maximum Gasteiger partial charge on any atom is 0.251 e. The van der Waals surface area contributed by atoms with E-state index < -0.39 is 11.6 Å². The molecule has 0 aromatic heterocycles. The number of likely N-dealkylation sites (tertiary alicyclic amines) is 1. The highest BCUT2D eigenvalue weighted by molar-refractivity contribution is 6.30. The van der Waals surface area contributed by atoms with Crippen molar-refractivity contribution in [2.75, 3.05) is 26.7 Å². The summed E-state index contributed by atoms with van der Waals surface area (Å²) in [5.74, 6) is -0.693. The van der Waals surface area contributed by atoms with Crippen LogP contribution in [0, 0.1) is 5.92 Å². The van der Waals surface area contributed by atoms with Crippen LogP contribution in [0.1, 0.15) is 37.0 Å². The van der Waals surface area contributed by atoms with Gasteiger partial charge in [0.15, 0.2) is 0 Å². The topological polar surface area (TPSA) is 81.7 Å². The molecule has 0 aliphatic carbocycles. The molecule has 1 aromatic carbocycles. The Kier molecular flexibility index (Phi) is 7.03. The summed E-state index contributed by atoms with van der Waals surface area (Å²) in [6, 6.07) is 5.84. The molecule has 0 spiro atoms. The first-order valence-corrected chi connectivity index (χ1v) is 9.33. The maximum atomic E-state index is 12.6. The SMILES string of the molecule is CC(C)C(NC(=O)c1ccc(Cl)cc1)C(=O)NCC1(O)CCN(C)CC1. The second-order valence-electron chi connectivity index (χ2n) is 7.45. The summed E-state index contributed by atoms with van der Waals surface area (Å²) in [5.41, 5.74) is -0.439. The van der Waals surface area contributed by atoms with Crippen LogP contribution >= 0.6 is 11.6 Å².